The summed E-state index contributed by atoms with van der Waals surface area (Å²) in [6.45, 7) is 1.78. The van der Waals surface area contributed by atoms with E-state index in [1.807, 2.05) is 12.1 Å². The second-order valence-corrected chi connectivity index (χ2v) is 5.71. The van der Waals surface area contributed by atoms with Gasteiger partial charge in [-0.15, -0.1) is 0 Å². The van der Waals surface area contributed by atoms with Gasteiger partial charge in [-0.05, 0) is 48.9 Å². The van der Waals surface area contributed by atoms with Gasteiger partial charge in [0.25, 0.3) is 0 Å². The van der Waals surface area contributed by atoms with Crippen LogP contribution in [0.15, 0.2) is 60.4 Å². The van der Waals surface area contributed by atoms with E-state index in [0.717, 1.165) is 22.2 Å². The van der Waals surface area contributed by atoms with Crippen LogP contribution in [0.5, 0.6) is 0 Å². The number of anilines is 1. The molecule has 0 fully saturated rings. The number of carbonyl (C=O) groups excluding carboxylic acids is 1. The summed E-state index contributed by atoms with van der Waals surface area (Å²) in [5.74, 6) is -0.0228. The first-order valence-corrected chi connectivity index (χ1v) is 7.71. The number of nitrogens with zero attached hydrogens (tertiary/aromatic N) is 1. The van der Waals surface area contributed by atoms with E-state index in [9.17, 15) is 9.18 Å². The molecule has 0 saturated heterocycles. The minimum atomic E-state index is -0.311. The van der Waals surface area contributed by atoms with Gasteiger partial charge in [0, 0.05) is 29.0 Å². The maximum atomic E-state index is 13.2. The quantitative estimate of drug-likeness (QED) is 0.712. The van der Waals surface area contributed by atoms with Crippen molar-refractivity contribution in [3.05, 3.63) is 77.4 Å². The Morgan fingerprint density at radius 2 is 2.20 bits per heavy atom. The Labute approximate surface area is 142 Å². The van der Waals surface area contributed by atoms with E-state index in [4.69, 9.17) is 4.74 Å². The van der Waals surface area contributed by atoms with Crippen LogP contribution >= 0.6 is 0 Å². The van der Waals surface area contributed by atoms with Gasteiger partial charge in [-0.25, -0.2) is 9.37 Å². The Kier molecular flexibility index (Phi) is 3.57. The zero-order valence-corrected chi connectivity index (χ0v) is 13.3. The fourth-order valence-corrected chi connectivity index (χ4v) is 2.69. The average Bonchev–Trinajstić information content (AvgIpc) is 3.15. The van der Waals surface area contributed by atoms with Crippen molar-refractivity contribution in [2.24, 2.45) is 0 Å². The van der Waals surface area contributed by atoms with Crippen molar-refractivity contribution >= 4 is 28.6 Å². The van der Waals surface area contributed by atoms with E-state index < -0.39 is 0 Å². The normalized spacial score (nSPS) is 15.5. The van der Waals surface area contributed by atoms with Gasteiger partial charge in [0.2, 0.25) is 11.7 Å². The lowest BCUT2D eigenvalue weighted by Gasteiger charge is -2.10. The maximum absolute atomic E-state index is 13.2. The predicted molar refractivity (Wildman–Crippen MR) is 93.0 cm³/mol. The van der Waals surface area contributed by atoms with Gasteiger partial charge in [-0.3, -0.25) is 4.79 Å². The molecule has 1 aliphatic heterocycles. The van der Waals surface area contributed by atoms with Gasteiger partial charge in [-0.1, -0.05) is 0 Å². The highest BCUT2D eigenvalue weighted by Gasteiger charge is 2.22. The second-order valence-electron chi connectivity index (χ2n) is 5.71. The first kappa shape index (κ1) is 15.1. The van der Waals surface area contributed by atoms with Crippen LogP contribution in [0, 0.1) is 12.7 Å². The van der Waals surface area contributed by atoms with Crippen molar-refractivity contribution in [1.82, 2.24) is 9.97 Å². The second kappa shape index (κ2) is 5.90. The molecule has 4 rings (SSSR count). The van der Waals surface area contributed by atoms with Gasteiger partial charge < -0.3 is 15.0 Å². The number of ketones is 1. The Morgan fingerprint density at radius 3 is 3.04 bits per heavy atom. The van der Waals surface area contributed by atoms with E-state index in [1.54, 1.807) is 31.5 Å². The number of carbonyl (C=O) groups is 1. The summed E-state index contributed by atoms with van der Waals surface area (Å²) >= 11 is 0. The van der Waals surface area contributed by atoms with Crippen LogP contribution in [0.4, 0.5) is 10.1 Å². The largest absolute Gasteiger partial charge is 0.437 e. The topological polar surface area (TPSA) is 67.0 Å². The molecule has 1 aromatic carbocycles. The van der Waals surface area contributed by atoms with Gasteiger partial charge >= 0.3 is 0 Å². The number of hydrogen-bond acceptors (Lipinski definition) is 4. The number of nitrogens with one attached hydrogen (secondary N) is 2. The van der Waals surface area contributed by atoms with Gasteiger partial charge in [0.15, 0.2) is 5.76 Å². The highest BCUT2D eigenvalue weighted by atomic mass is 19.1. The first-order valence-electron chi connectivity index (χ1n) is 7.71. The SMILES string of the molecule is Cc1cc(F)ccc1NC1=CC(=O)/C(=C/c2c[nH]c3ncccc23)O1. The molecule has 0 aliphatic carbocycles. The number of aromatic nitrogens is 2. The zero-order valence-electron chi connectivity index (χ0n) is 13.3. The lowest BCUT2D eigenvalue weighted by Crippen LogP contribution is -2.01. The molecule has 1 aliphatic rings. The Hall–Kier alpha value is -3.41. The summed E-state index contributed by atoms with van der Waals surface area (Å²) in [6, 6.07) is 8.11. The molecule has 25 heavy (non-hydrogen) atoms. The van der Waals surface area contributed by atoms with Crippen molar-refractivity contribution in [2.75, 3.05) is 5.32 Å². The van der Waals surface area contributed by atoms with Crippen LogP contribution in [-0.4, -0.2) is 15.8 Å². The van der Waals surface area contributed by atoms with E-state index >= 15 is 0 Å². The monoisotopic (exact) mass is 335 g/mol. The van der Waals surface area contributed by atoms with E-state index in [1.165, 1.54) is 18.2 Å². The van der Waals surface area contributed by atoms with Gasteiger partial charge in [-0.2, -0.15) is 0 Å². The number of halogens is 1. The highest BCUT2D eigenvalue weighted by molar-refractivity contribution is 6.09. The number of rotatable bonds is 3. The Morgan fingerprint density at radius 1 is 1.32 bits per heavy atom. The third-order valence-electron chi connectivity index (χ3n) is 3.94. The van der Waals surface area contributed by atoms with E-state index in [2.05, 4.69) is 15.3 Å². The molecular weight excluding hydrogens is 321 g/mol. The molecule has 6 heteroatoms. The summed E-state index contributed by atoms with van der Waals surface area (Å²) in [5.41, 5.74) is 2.96. The van der Waals surface area contributed by atoms with Crippen molar-refractivity contribution in [3.8, 4) is 0 Å². The molecule has 0 saturated carbocycles. The third kappa shape index (κ3) is 2.89. The van der Waals surface area contributed by atoms with Crippen molar-refractivity contribution in [2.45, 2.75) is 6.92 Å². The molecule has 0 atom stereocenters. The van der Waals surface area contributed by atoms with Gasteiger partial charge in [0.05, 0.1) is 6.08 Å². The number of allylic oxidation sites excluding steroid dienone is 1. The lowest BCUT2D eigenvalue weighted by molar-refractivity contribution is -0.112. The number of benzene rings is 1. The summed E-state index contributed by atoms with van der Waals surface area (Å²) in [4.78, 5) is 19.4. The molecule has 5 nitrogen and oxygen atoms in total. The molecule has 124 valence electrons. The molecule has 3 aromatic rings. The molecule has 0 bridgehead atoms. The molecule has 0 unspecified atom stereocenters. The van der Waals surface area contributed by atoms with Crippen LogP contribution in [0.2, 0.25) is 0 Å². The first-order chi connectivity index (χ1) is 12.1. The summed E-state index contributed by atoms with van der Waals surface area (Å²) in [5, 5.41) is 3.91. The van der Waals surface area contributed by atoms with Crippen LogP contribution in [0.3, 0.4) is 0 Å². The molecular formula is C19H14FN3O2. The molecule has 2 N–H and O–H groups in total. The van der Waals surface area contributed by atoms with Crippen molar-refractivity contribution in [3.63, 3.8) is 0 Å². The Bertz CT molecular complexity index is 1050. The number of hydrogen-bond donors (Lipinski definition) is 2. The smallest absolute Gasteiger partial charge is 0.226 e. The van der Waals surface area contributed by atoms with Crippen molar-refractivity contribution < 1.29 is 13.9 Å². The van der Waals surface area contributed by atoms with E-state index in [-0.39, 0.29) is 17.4 Å². The van der Waals surface area contributed by atoms with Crippen LogP contribution < -0.4 is 5.32 Å². The average molecular weight is 335 g/mol. The minimum Gasteiger partial charge on any atom is -0.437 e. The number of fused-ring (bicyclic) bond motifs is 1. The molecule has 3 heterocycles. The minimum absolute atomic E-state index is 0.215. The summed E-state index contributed by atoms with van der Waals surface area (Å²) < 4.78 is 18.8. The van der Waals surface area contributed by atoms with E-state index in [0.29, 0.717) is 11.6 Å². The van der Waals surface area contributed by atoms with Gasteiger partial charge in [0.1, 0.15) is 11.5 Å². The molecule has 0 spiro atoms. The molecule has 2 aromatic heterocycles. The zero-order chi connectivity index (χ0) is 17.4. The van der Waals surface area contributed by atoms with Crippen LogP contribution in [-0.2, 0) is 9.53 Å². The number of H-pyrrole nitrogens is 1. The Balaban J connectivity index is 1.58. The fraction of sp³-hybridized carbons (Fsp3) is 0.0526. The predicted octanol–water partition coefficient (Wildman–Crippen LogP) is 3.90. The number of aromatic amines is 1. The number of pyridine rings is 1. The fourth-order valence-electron chi connectivity index (χ4n) is 2.69. The van der Waals surface area contributed by atoms with Crippen molar-refractivity contribution in [1.29, 1.82) is 0 Å². The maximum Gasteiger partial charge on any atom is 0.226 e. The summed E-state index contributed by atoms with van der Waals surface area (Å²) in [6.07, 6.45) is 6.52. The third-order valence-corrected chi connectivity index (χ3v) is 3.94. The number of aryl methyl sites for hydroxylation is 1. The molecule has 0 amide bonds. The highest BCUT2D eigenvalue weighted by Crippen LogP contribution is 2.26. The van der Waals surface area contributed by atoms with Crippen LogP contribution in [0.1, 0.15) is 11.1 Å². The summed E-state index contributed by atoms with van der Waals surface area (Å²) in [7, 11) is 0. The lowest BCUT2D eigenvalue weighted by atomic mass is 10.2. The standard InChI is InChI=1S/C19H14FN3O2/c1-11-7-13(20)4-5-15(11)23-18-9-16(24)17(25-18)8-12-10-22-19-14(12)3-2-6-21-19/h2-10,23H,1H3,(H,21,22)/b17-8-. The molecule has 0 radical (unpaired) electrons. The van der Waals surface area contributed by atoms with Crippen LogP contribution in [0.25, 0.3) is 17.1 Å². The number of ether oxygens (including phenoxy) is 1.